The van der Waals surface area contributed by atoms with Gasteiger partial charge in [-0.05, 0) is 56.5 Å². The van der Waals surface area contributed by atoms with Gasteiger partial charge in [0.1, 0.15) is 12.6 Å². The number of hydrogen-bond acceptors (Lipinski definition) is 6. The third-order valence-electron chi connectivity index (χ3n) is 6.69. The molecule has 0 aliphatic carbocycles. The van der Waals surface area contributed by atoms with Gasteiger partial charge in [-0.3, -0.25) is 13.9 Å². The number of hydrogen-bond donors (Lipinski definition) is 1. The van der Waals surface area contributed by atoms with Crippen molar-refractivity contribution < 1.29 is 27.5 Å². The minimum absolute atomic E-state index is 0.0326. The Labute approximate surface area is 242 Å². The van der Waals surface area contributed by atoms with E-state index in [0.29, 0.717) is 11.5 Å². The lowest BCUT2D eigenvalue weighted by Gasteiger charge is -2.35. The third kappa shape index (κ3) is 7.79. The second kappa shape index (κ2) is 12.2. The number of ether oxygens (including phenoxy) is 2. The van der Waals surface area contributed by atoms with Gasteiger partial charge < -0.3 is 19.7 Å². The van der Waals surface area contributed by atoms with Crippen molar-refractivity contribution in [2.24, 2.45) is 0 Å². The normalized spacial score (nSPS) is 13.4. The van der Waals surface area contributed by atoms with Crippen molar-refractivity contribution in [3.63, 3.8) is 0 Å². The predicted molar refractivity (Wildman–Crippen MR) is 158 cm³/mol. The van der Waals surface area contributed by atoms with Crippen molar-refractivity contribution in [3.05, 3.63) is 89.5 Å². The number of benzene rings is 3. The van der Waals surface area contributed by atoms with Crippen LogP contribution in [0.3, 0.4) is 0 Å². The molecule has 0 fully saturated rings. The second-order valence-electron chi connectivity index (χ2n) is 11.2. The Bertz CT molecular complexity index is 1500. The Morgan fingerprint density at radius 1 is 0.951 bits per heavy atom. The molecule has 0 radical (unpaired) electrons. The molecule has 0 saturated carbocycles. The largest absolute Gasteiger partial charge is 0.454 e. The predicted octanol–water partition coefficient (Wildman–Crippen LogP) is 4.04. The van der Waals surface area contributed by atoms with E-state index in [-0.39, 0.29) is 31.4 Å². The maximum atomic E-state index is 14.2. The zero-order chi connectivity index (χ0) is 29.8. The highest BCUT2D eigenvalue weighted by atomic mass is 32.2. The molecule has 9 nitrogen and oxygen atoms in total. The van der Waals surface area contributed by atoms with Gasteiger partial charge in [-0.25, -0.2) is 8.42 Å². The molecule has 41 heavy (non-hydrogen) atoms. The lowest BCUT2D eigenvalue weighted by molar-refractivity contribution is -0.140. The Balaban J connectivity index is 1.75. The first-order valence-electron chi connectivity index (χ1n) is 13.4. The number of sulfonamides is 1. The fourth-order valence-electron chi connectivity index (χ4n) is 4.63. The highest BCUT2D eigenvalue weighted by molar-refractivity contribution is 7.92. The summed E-state index contributed by atoms with van der Waals surface area (Å²) in [5.74, 6) is 0.0574. The zero-order valence-electron chi connectivity index (χ0n) is 24.1. The molecule has 0 unspecified atom stereocenters. The van der Waals surface area contributed by atoms with Crippen LogP contribution in [0.5, 0.6) is 11.5 Å². The molecule has 1 N–H and O–H groups in total. The molecular weight excluding hydrogens is 542 g/mol. The van der Waals surface area contributed by atoms with Crippen molar-refractivity contribution in [1.82, 2.24) is 10.2 Å². The number of nitrogens with zero attached hydrogens (tertiary/aromatic N) is 2. The quantitative estimate of drug-likeness (QED) is 0.389. The van der Waals surface area contributed by atoms with Crippen molar-refractivity contribution in [2.75, 3.05) is 23.9 Å². The van der Waals surface area contributed by atoms with Gasteiger partial charge in [0, 0.05) is 24.6 Å². The lowest BCUT2D eigenvalue weighted by atomic mass is 10.00. The first-order chi connectivity index (χ1) is 19.3. The van der Waals surface area contributed by atoms with E-state index in [0.717, 1.165) is 27.3 Å². The van der Waals surface area contributed by atoms with Crippen molar-refractivity contribution in [2.45, 2.75) is 52.2 Å². The van der Waals surface area contributed by atoms with Gasteiger partial charge in [0.25, 0.3) is 0 Å². The van der Waals surface area contributed by atoms with E-state index in [1.807, 2.05) is 82.3 Å². The number of nitrogens with one attached hydrogen (secondary N) is 1. The van der Waals surface area contributed by atoms with Gasteiger partial charge in [-0.2, -0.15) is 0 Å². The smallest absolute Gasteiger partial charge is 0.244 e. The number of amides is 2. The van der Waals surface area contributed by atoms with Crippen molar-refractivity contribution in [3.8, 4) is 11.5 Å². The molecule has 1 heterocycles. The van der Waals surface area contributed by atoms with Gasteiger partial charge in [-0.15, -0.1) is 0 Å². The van der Waals surface area contributed by atoms with Crippen LogP contribution >= 0.6 is 0 Å². The number of fused-ring (bicyclic) bond motifs is 1. The van der Waals surface area contributed by atoms with Crippen molar-refractivity contribution in [1.29, 1.82) is 0 Å². The third-order valence-corrected chi connectivity index (χ3v) is 7.84. The SMILES string of the molecule is Cc1ccccc1CN(C(=O)CN(c1ccc2c(c1)OCO2)S(C)(=O)=O)[C@H](Cc1ccccc1)C(=O)NC(C)(C)C. The first kappa shape index (κ1) is 29.9. The zero-order valence-corrected chi connectivity index (χ0v) is 24.9. The second-order valence-corrected chi connectivity index (χ2v) is 13.1. The van der Waals surface area contributed by atoms with Crippen LogP contribution in [-0.2, 0) is 32.6 Å². The van der Waals surface area contributed by atoms with Crippen LogP contribution in [0, 0.1) is 6.92 Å². The summed E-state index contributed by atoms with van der Waals surface area (Å²) in [5.41, 5.74) is 2.40. The van der Waals surface area contributed by atoms with E-state index < -0.39 is 34.1 Å². The van der Waals surface area contributed by atoms with Crippen LogP contribution in [0.4, 0.5) is 5.69 Å². The lowest BCUT2D eigenvalue weighted by Crippen LogP contribution is -2.56. The van der Waals surface area contributed by atoms with Gasteiger partial charge in [0.05, 0.1) is 11.9 Å². The Morgan fingerprint density at radius 3 is 2.27 bits per heavy atom. The monoisotopic (exact) mass is 579 g/mol. The van der Waals surface area contributed by atoms with E-state index in [1.165, 1.54) is 11.0 Å². The molecule has 2 amide bonds. The minimum Gasteiger partial charge on any atom is -0.454 e. The van der Waals surface area contributed by atoms with E-state index >= 15 is 0 Å². The van der Waals surface area contributed by atoms with Crippen LogP contribution in [0.2, 0.25) is 0 Å². The first-order valence-corrected chi connectivity index (χ1v) is 15.2. The maximum absolute atomic E-state index is 14.2. The molecule has 0 aromatic heterocycles. The van der Waals surface area contributed by atoms with Gasteiger partial charge >= 0.3 is 0 Å². The van der Waals surface area contributed by atoms with Crippen LogP contribution in [0.1, 0.15) is 37.5 Å². The molecule has 1 aliphatic heterocycles. The molecule has 3 aromatic carbocycles. The van der Waals surface area contributed by atoms with Crippen LogP contribution < -0.4 is 19.1 Å². The van der Waals surface area contributed by atoms with E-state index in [2.05, 4.69) is 5.32 Å². The van der Waals surface area contributed by atoms with Gasteiger partial charge in [0.15, 0.2) is 11.5 Å². The summed E-state index contributed by atoms with van der Waals surface area (Å²) in [4.78, 5) is 29.5. The summed E-state index contributed by atoms with van der Waals surface area (Å²) in [6, 6.07) is 20.9. The van der Waals surface area contributed by atoms with Gasteiger partial charge in [-0.1, -0.05) is 54.6 Å². The molecule has 0 bridgehead atoms. The minimum atomic E-state index is -3.89. The highest BCUT2D eigenvalue weighted by Gasteiger charge is 2.34. The average molecular weight is 580 g/mol. The molecule has 10 heteroatoms. The number of aryl methyl sites for hydroxylation is 1. The Morgan fingerprint density at radius 2 is 1.61 bits per heavy atom. The Hall–Kier alpha value is -4.05. The summed E-state index contributed by atoms with van der Waals surface area (Å²) in [5, 5.41) is 3.02. The molecule has 218 valence electrons. The van der Waals surface area contributed by atoms with Gasteiger partial charge in [0.2, 0.25) is 28.6 Å². The fraction of sp³-hybridized carbons (Fsp3) is 0.355. The summed E-state index contributed by atoms with van der Waals surface area (Å²) >= 11 is 0. The number of carbonyl (C=O) groups excluding carboxylic acids is 2. The highest BCUT2D eigenvalue weighted by Crippen LogP contribution is 2.36. The van der Waals surface area contributed by atoms with Crippen LogP contribution in [0.25, 0.3) is 0 Å². The number of rotatable bonds is 10. The fourth-order valence-corrected chi connectivity index (χ4v) is 5.47. The molecule has 0 saturated heterocycles. The summed E-state index contributed by atoms with van der Waals surface area (Å²) in [6.07, 6.45) is 1.30. The molecule has 3 aromatic rings. The Kier molecular flexibility index (Phi) is 8.92. The van der Waals surface area contributed by atoms with E-state index in [9.17, 15) is 18.0 Å². The van der Waals surface area contributed by atoms with E-state index in [1.54, 1.807) is 12.1 Å². The summed E-state index contributed by atoms with van der Waals surface area (Å²) in [6.45, 7) is 7.23. The average Bonchev–Trinajstić information content (AvgIpc) is 3.37. The molecule has 1 aliphatic rings. The standard InChI is InChI=1S/C31H37N3O6S/c1-22-11-9-10-14-24(22)19-33(26(30(36)32-31(2,3)4)17-23-12-7-6-8-13-23)29(35)20-34(41(5,37)38)25-15-16-27-28(18-25)40-21-39-27/h6-16,18,26H,17,19-21H2,1-5H3,(H,32,36)/t26-/m1/s1. The van der Waals surface area contributed by atoms with Crippen molar-refractivity contribution >= 4 is 27.5 Å². The van der Waals surface area contributed by atoms with Crippen LogP contribution in [0.15, 0.2) is 72.8 Å². The molecular formula is C31H37N3O6S. The molecule has 1 atom stereocenters. The molecule has 0 spiro atoms. The maximum Gasteiger partial charge on any atom is 0.244 e. The summed E-state index contributed by atoms with van der Waals surface area (Å²) in [7, 11) is -3.89. The number of anilines is 1. The van der Waals surface area contributed by atoms with E-state index in [4.69, 9.17) is 9.47 Å². The van der Waals surface area contributed by atoms with Crippen LogP contribution in [-0.4, -0.2) is 56.3 Å². The topological polar surface area (TPSA) is 105 Å². The number of carbonyl (C=O) groups is 2. The molecule has 4 rings (SSSR count). The summed E-state index contributed by atoms with van der Waals surface area (Å²) < 4.78 is 37.8.